The Hall–Kier alpha value is -0.120. The third-order valence-corrected chi connectivity index (χ3v) is 2.21. The average Bonchev–Trinajstić information content (AvgIpc) is 2.01. The maximum Gasteiger partial charge on any atom is 0.218 e. The quantitative estimate of drug-likeness (QED) is 0.388. The summed E-state index contributed by atoms with van der Waals surface area (Å²) in [6.07, 6.45) is 2.94. The maximum absolute atomic E-state index is 9.56. The molecular formula is C11H26NO2+. The summed E-state index contributed by atoms with van der Waals surface area (Å²) in [5.74, 6) is 0. The van der Waals surface area contributed by atoms with E-state index in [1.54, 1.807) is 6.92 Å². The van der Waals surface area contributed by atoms with E-state index in [9.17, 15) is 5.11 Å². The topological polar surface area (TPSA) is 29.5 Å². The van der Waals surface area contributed by atoms with Gasteiger partial charge in [0.2, 0.25) is 6.23 Å². The van der Waals surface area contributed by atoms with Gasteiger partial charge in [0.15, 0.2) is 0 Å². The van der Waals surface area contributed by atoms with E-state index in [-0.39, 0.29) is 6.23 Å². The largest absolute Gasteiger partial charge is 0.384 e. The van der Waals surface area contributed by atoms with Gasteiger partial charge in [0.1, 0.15) is 6.10 Å². The number of quaternary nitrogens is 1. The van der Waals surface area contributed by atoms with Crippen molar-refractivity contribution in [2.24, 2.45) is 0 Å². The number of ether oxygens (including phenoxy) is 1. The lowest BCUT2D eigenvalue weighted by molar-refractivity contribution is -0.923. The number of nitrogens with zero attached hydrogens (tertiary/aromatic N) is 1. The molecule has 0 aromatic rings. The molecule has 0 aliphatic heterocycles. The second-order valence-electron chi connectivity index (χ2n) is 4.83. The van der Waals surface area contributed by atoms with E-state index in [0.29, 0.717) is 4.48 Å². The van der Waals surface area contributed by atoms with E-state index in [0.717, 1.165) is 13.0 Å². The summed E-state index contributed by atoms with van der Waals surface area (Å²) in [7, 11) is 6.12. The average molecular weight is 204 g/mol. The van der Waals surface area contributed by atoms with Gasteiger partial charge in [-0.25, -0.2) is 0 Å². The summed E-state index contributed by atoms with van der Waals surface area (Å²) in [6, 6.07) is 0. The minimum absolute atomic E-state index is 0.119. The van der Waals surface area contributed by atoms with Crippen LogP contribution in [0.5, 0.6) is 0 Å². The monoisotopic (exact) mass is 204 g/mol. The van der Waals surface area contributed by atoms with Gasteiger partial charge in [0.05, 0.1) is 27.7 Å². The van der Waals surface area contributed by atoms with Gasteiger partial charge in [-0.1, -0.05) is 19.8 Å². The van der Waals surface area contributed by atoms with Crippen molar-refractivity contribution in [3.63, 3.8) is 0 Å². The maximum atomic E-state index is 9.56. The Balaban J connectivity index is 3.87. The first-order chi connectivity index (χ1) is 6.39. The zero-order chi connectivity index (χ0) is 11.2. The zero-order valence-electron chi connectivity index (χ0n) is 10.3. The normalized spacial score (nSPS) is 16.7. The Morgan fingerprint density at radius 3 is 2.14 bits per heavy atom. The van der Waals surface area contributed by atoms with Gasteiger partial charge >= 0.3 is 0 Å². The second-order valence-corrected chi connectivity index (χ2v) is 4.83. The van der Waals surface area contributed by atoms with E-state index in [1.165, 1.54) is 12.8 Å². The molecule has 2 atom stereocenters. The highest BCUT2D eigenvalue weighted by Crippen LogP contribution is 2.10. The van der Waals surface area contributed by atoms with Crippen LogP contribution in [0.15, 0.2) is 0 Å². The highest BCUT2D eigenvalue weighted by atomic mass is 16.5. The van der Waals surface area contributed by atoms with Crippen LogP contribution in [0.25, 0.3) is 0 Å². The molecule has 0 spiro atoms. The van der Waals surface area contributed by atoms with Gasteiger partial charge < -0.3 is 14.3 Å². The van der Waals surface area contributed by atoms with Gasteiger partial charge in [-0.2, -0.15) is 0 Å². The number of aliphatic hydroxyl groups is 1. The fourth-order valence-corrected chi connectivity index (χ4v) is 1.57. The smallest absolute Gasteiger partial charge is 0.218 e. The molecule has 0 amide bonds. The molecule has 0 radical (unpaired) electrons. The predicted molar refractivity (Wildman–Crippen MR) is 59.0 cm³/mol. The molecular weight excluding hydrogens is 178 g/mol. The van der Waals surface area contributed by atoms with Crippen LogP contribution in [-0.2, 0) is 4.74 Å². The summed E-state index contributed by atoms with van der Waals surface area (Å²) in [4.78, 5) is 0. The van der Waals surface area contributed by atoms with E-state index in [2.05, 4.69) is 6.92 Å². The first-order valence-electron chi connectivity index (χ1n) is 5.50. The molecule has 0 aromatic carbocycles. The number of hydrogen-bond acceptors (Lipinski definition) is 2. The minimum atomic E-state index is -0.420. The summed E-state index contributed by atoms with van der Waals surface area (Å²) in [5.41, 5.74) is 0. The SMILES string of the molecule is CCCCCOC(C(C)O)[N+](C)(C)C. The molecule has 0 bridgehead atoms. The zero-order valence-corrected chi connectivity index (χ0v) is 10.3. The minimum Gasteiger partial charge on any atom is -0.384 e. The van der Waals surface area contributed by atoms with Crippen LogP contribution in [0.3, 0.4) is 0 Å². The first kappa shape index (κ1) is 13.9. The van der Waals surface area contributed by atoms with Crippen LogP contribution in [-0.4, -0.2) is 49.7 Å². The number of aliphatic hydroxyl groups excluding tert-OH is 1. The highest BCUT2D eigenvalue weighted by Gasteiger charge is 2.29. The van der Waals surface area contributed by atoms with E-state index in [4.69, 9.17) is 4.74 Å². The number of hydrogen-bond donors (Lipinski definition) is 1. The van der Waals surface area contributed by atoms with Crippen molar-refractivity contribution in [1.29, 1.82) is 0 Å². The van der Waals surface area contributed by atoms with Gasteiger partial charge in [0.25, 0.3) is 0 Å². The van der Waals surface area contributed by atoms with Crippen LogP contribution < -0.4 is 0 Å². The Kier molecular flexibility index (Phi) is 6.33. The van der Waals surface area contributed by atoms with Crippen molar-refractivity contribution in [2.45, 2.75) is 45.4 Å². The molecule has 2 unspecified atom stereocenters. The third kappa shape index (κ3) is 5.58. The molecule has 0 saturated carbocycles. The Labute approximate surface area is 88.3 Å². The van der Waals surface area contributed by atoms with Crippen molar-refractivity contribution in [2.75, 3.05) is 27.7 Å². The summed E-state index contributed by atoms with van der Waals surface area (Å²) in [6.45, 7) is 4.71. The van der Waals surface area contributed by atoms with Gasteiger partial charge in [-0.05, 0) is 13.3 Å². The summed E-state index contributed by atoms with van der Waals surface area (Å²) >= 11 is 0. The van der Waals surface area contributed by atoms with Crippen LogP contribution in [0.4, 0.5) is 0 Å². The lowest BCUT2D eigenvalue weighted by Crippen LogP contribution is -2.52. The Morgan fingerprint density at radius 1 is 1.21 bits per heavy atom. The molecule has 0 rings (SSSR count). The molecule has 3 nitrogen and oxygen atoms in total. The lowest BCUT2D eigenvalue weighted by atomic mass is 10.2. The van der Waals surface area contributed by atoms with Gasteiger partial charge in [-0.15, -0.1) is 0 Å². The molecule has 0 aliphatic carbocycles. The van der Waals surface area contributed by atoms with Crippen LogP contribution in [0.2, 0.25) is 0 Å². The van der Waals surface area contributed by atoms with E-state index in [1.807, 2.05) is 21.1 Å². The predicted octanol–water partition coefficient (Wildman–Crippen LogP) is 1.61. The number of rotatable bonds is 7. The fourth-order valence-electron chi connectivity index (χ4n) is 1.57. The lowest BCUT2D eigenvalue weighted by Gasteiger charge is -2.35. The van der Waals surface area contributed by atoms with Crippen molar-refractivity contribution in [1.82, 2.24) is 0 Å². The second kappa shape index (κ2) is 6.38. The summed E-state index contributed by atoms with van der Waals surface area (Å²) in [5, 5.41) is 9.56. The van der Waals surface area contributed by atoms with Crippen LogP contribution >= 0.6 is 0 Å². The molecule has 86 valence electrons. The first-order valence-corrected chi connectivity index (χ1v) is 5.50. The third-order valence-electron chi connectivity index (χ3n) is 2.21. The Morgan fingerprint density at radius 2 is 1.79 bits per heavy atom. The van der Waals surface area contributed by atoms with Crippen LogP contribution in [0.1, 0.15) is 33.1 Å². The Bertz CT molecular complexity index is 141. The molecule has 0 heterocycles. The number of likely N-dealkylation sites (N-methyl/N-ethyl adjacent to an activating group) is 1. The molecule has 0 saturated heterocycles. The highest BCUT2D eigenvalue weighted by molar-refractivity contribution is 4.52. The van der Waals surface area contributed by atoms with Crippen molar-refractivity contribution in [3.8, 4) is 0 Å². The van der Waals surface area contributed by atoms with E-state index >= 15 is 0 Å². The molecule has 14 heavy (non-hydrogen) atoms. The summed E-state index contributed by atoms with van der Waals surface area (Å²) < 4.78 is 6.33. The number of unbranched alkanes of at least 4 members (excludes halogenated alkanes) is 2. The van der Waals surface area contributed by atoms with Crippen molar-refractivity contribution in [3.05, 3.63) is 0 Å². The molecule has 0 aliphatic rings. The standard InChI is InChI=1S/C11H26NO2/c1-6-7-8-9-14-11(10(2)13)12(3,4)5/h10-11,13H,6-9H2,1-5H3/q+1. The van der Waals surface area contributed by atoms with Gasteiger partial charge in [0, 0.05) is 0 Å². The van der Waals surface area contributed by atoms with Crippen molar-refractivity contribution >= 4 is 0 Å². The van der Waals surface area contributed by atoms with E-state index < -0.39 is 6.10 Å². The van der Waals surface area contributed by atoms with Crippen LogP contribution in [0, 0.1) is 0 Å². The van der Waals surface area contributed by atoms with Gasteiger partial charge in [-0.3, -0.25) is 0 Å². The molecule has 3 heteroatoms. The molecule has 0 fully saturated rings. The molecule has 0 aromatic heterocycles. The van der Waals surface area contributed by atoms with Crippen molar-refractivity contribution < 1.29 is 14.3 Å². The fraction of sp³-hybridized carbons (Fsp3) is 1.00. The molecule has 1 N–H and O–H groups in total.